The van der Waals surface area contributed by atoms with Crippen LogP contribution in [-0.2, 0) is 19.5 Å². The average Bonchev–Trinajstić information content (AvgIpc) is 2.79. The molecule has 0 bridgehead atoms. The Balaban J connectivity index is 1.85. The predicted molar refractivity (Wildman–Crippen MR) is 70.6 cm³/mol. The first kappa shape index (κ1) is 12.3. The smallest absolute Gasteiger partial charge is 0.123 e. The van der Waals surface area contributed by atoms with Crippen LogP contribution >= 0.6 is 11.3 Å². The molecule has 1 heterocycles. The summed E-state index contributed by atoms with van der Waals surface area (Å²) in [6, 6.07) is 8.81. The largest absolute Gasteiger partial charge is 0.308 e. The van der Waals surface area contributed by atoms with Gasteiger partial charge in [0, 0.05) is 18.0 Å². The molecule has 0 saturated heterocycles. The number of aryl methyl sites for hydroxylation is 1. The van der Waals surface area contributed by atoms with Crippen LogP contribution in [0.5, 0.6) is 0 Å². The topological polar surface area (TPSA) is 12.0 Å². The van der Waals surface area contributed by atoms with Crippen molar-refractivity contribution in [3.8, 4) is 0 Å². The molecule has 0 amide bonds. The Morgan fingerprint density at radius 3 is 2.59 bits per heavy atom. The highest BCUT2D eigenvalue weighted by atomic mass is 32.1. The molecule has 1 N–H and O–H groups in total. The Bertz CT molecular complexity index is 461. The molecule has 90 valence electrons. The molecule has 3 heteroatoms. The first-order chi connectivity index (χ1) is 8.29. The van der Waals surface area contributed by atoms with Crippen molar-refractivity contribution < 1.29 is 4.39 Å². The molecule has 0 radical (unpaired) electrons. The number of nitrogens with one attached hydrogen (secondary N) is 1. The average molecular weight is 249 g/mol. The number of rotatable bonds is 5. The standard InChI is InChI=1S/C14H16FNS/c1-2-12-7-8-17-14(12)10-16-9-11-3-5-13(15)6-4-11/h3-8,16H,2,9-10H2,1H3. The zero-order valence-corrected chi connectivity index (χ0v) is 10.7. The van der Waals surface area contributed by atoms with Gasteiger partial charge in [-0.25, -0.2) is 4.39 Å². The number of hydrogen-bond acceptors (Lipinski definition) is 2. The maximum atomic E-state index is 12.7. The fourth-order valence-corrected chi connectivity index (χ4v) is 2.71. The second-order valence-electron chi connectivity index (χ2n) is 3.95. The van der Waals surface area contributed by atoms with Gasteiger partial charge >= 0.3 is 0 Å². The van der Waals surface area contributed by atoms with Gasteiger partial charge in [-0.1, -0.05) is 19.1 Å². The second-order valence-corrected chi connectivity index (χ2v) is 4.95. The van der Waals surface area contributed by atoms with Crippen molar-refractivity contribution in [1.82, 2.24) is 5.32 Å². The number of hydrogen-bond donors (Lipinski definition) is 1. The third-order valence-electron chi connectivity index (χ3n) is 2.75. The quantitative estimate of drug-likeness (QED) is 0.851. The lowest BCUT2D eigenvalue weighted by atomic mass is 10.2. The predicted octanol–water partition coefficient (Wildman–Crippen LogP) is 3.74. The SMILES string of the molecule is CCc1ccsc1CNCc1ccc(F)cc1. The van der Waals surface area contributed by atoms with Gasteiger partial charge in [0.25, 0.3) is 0 Å². The molecule has 0 spiro atoms. The minimum Gasteiger partial charge on any atom is -0.308 e. The summed E-state index contributed by atoms with van der Waals surface area (Å²) in [7, 11) is 0. The maximum absolute atomic E-state index is 12.7. The molecule has 0 aliphatic rings. The van der Waals surface area contributed by atoms with Crippen LogP contribution in [0.1, 0.15) is 22.9 Å². The summed E-state index contributed by atoms with van der Waals surface area (Å²) in [6.07, 6.45) is 1.08. The molecule has 17 heavy (non-hydrogen) atoms. The summed E-state index contributed by atoms with van der Waals surface area (Å²) >= 11 is 1.79. The zero-order chi connectivity index (χ0) is 12.1. The Morgan fingerprint density at radius 2 is 1.88 bits per heavy atom. The van der Waals surface area contributed by atoms with Crippen molar-refractivity contribution in [2.24, 2.45) is 0 Å². The van der Waals surface area contributed by atoms with Crippen LogP contribution in [0.4, 0.5) is 4.39 Å². The van der Waals surface area contributed by atoms with E-state index in [2.05, 4.69) is 23.7 Å². The molecule has 0 fully saturated rings. The summed E-state index contributed by atoms with van der Waals surface area (Å²) in [5, 5.41) is 5.52. The highest BCUT2D eigenvalue weighted by molar-refractivity contribution is 7.10. The Morgan fingerprint density at radius 1 is 1.12 bits per heavy atom. The van der Waals surface area contributed by atoms with E-state index >= 15 is 0 Å². The molecule has 0 atom stereocenters. The van der Waals surface area contributed by atoms with E-state index < -0.39 is 0 Å². The molecule has 1 aromatic carbocycles. The van der Waals surface area contributed by atoms with Crippen LogP contribution in [0, 0.1) is 5.82 Å². The van der Waals surface area contributed by atoms with Gasteiger partial charge in [0.2, 0.25) is 0 Å². The van der Waals surface area contributed by atoms with E-state index in [1.165, 1.54) is 22.6 Å². The van der Waals surface area contributed by atoms with E-state index in [-0.39, 0.29) is 5.82 Å². The molecule has 0 aliphatic carbocycles. The van der Waals surface area contributed by atoms with Crippen molar-refractivity contribution in [3.05, 3.63) is 57.5 Å². The fraction of sp³-hybridized carbons (Fsp3) is 0.286. The van der Waals surface area contributed by atoms with Gasteiger partial charge in [-0.15, -0.1) is 11.3 Å². The molecule has 1 nitrogen and oxygen atoms in total. The van der Waals surface area contributed by atoms with Gasteiger partial charge in [0.1, 0.15) is 5.82 Å². The van der Waals surface area contributed by atoms with Crippen molar-refractivity contribution in [2.75, 3.05) is 0 Å². The van der Waals surface area contributed by atoms with Gasteiger partial charge in [0.15, 0.2) is 0 Å². The minimum absolute atomic E-state index is 0.180. The lowest BCUT2D eigenvalue weighted by Gasteiger charge is -2.05. The third-order valence-corrected chi connectivity index (χ3v) is 3.71. The van der Waals surface area contributed by atoms with E-state index in [1.807, 2.05) is 12.1 Å². The Labute approximate surface area is 105 Å². The van der Waals surface area contributed by atoms with Crippen molar-refractivity contribution in [1.29, 1.82) is 0 Å². The lowest BCUT2D eigenvalue weighted by Crippen LogP contribution is -2.12. The molecular formula is C14H16FNS. The van der Waals surface area contributed by atoms with E-state index in [9.17, 15) is 4.39 Å². The van der Waals surface area contributed by atoms with E-state index in [0.717, 1.165) is 25.1 Å². The Hall–Kier alpha value is -1.19. The highest BCUT2D eigenvalue weighted by Crippen LogP contribution is 2.17. The molecule has 0 aliphatic heterocycles. The van der Waals surface area contributed by atoms with Gasteiger partial charge < -0.3 is 5.32 Å². The van der Waals surface area contributed by atoms with Gasteiger partial charge in [-0.3, -0.25) is 0 Å². The summed E-state index contributed by atoms with van der Waals surface area (Å²) < 4.78 is 12.7. The van der Waals surface area contributed by atoms with Crippen LogP contribution in [0.25, 0.3) is 0 Å². The van der Waals surface area contributed by atoms with Gasteiger partial charge in [-0.2, -0.15) is 0 Å². The molecule has 0 saturated carbocycles. The summed E-state index contributed by atoms with van der Waals surface area (Å²) in [4.78, 5) is 1.40. The monoisotopic (exact) mass is 249 g/mol. The van der Waals surface area contributed by atoms with Crippen molar-refractivity contribution >= 4 is 11.3 Å². The van der Waals surface area contributed by atoms with Crippen LogP contribution < -0.4 is 5.32 Å². The zero-order valence-electron chi connectivity index (χ0n) is 9.87. The van der Waals surface area contributed by atoms with Crippen molar-refractivity contribution in [3.63, 3.8) is 0 Å². The van der Waals surface area contributed by atoms with Gasteiger partial charge in [0.05, 0.1) is 0 Å². The highest BCUT2D eigenvalue weighted by Gasteiger charge is 2.01. The molecule has 2 aromatic rings. The minimum atomic E-state index is -0.180. The number of thiophene rings is 1. The molecule has 0 unspecified atom stereocenters. The number of benzene rings is 1. The number of halogens is 1. The van der Waals surface area contributed by atoms with Crippen molar-refractivity contribution in [2.45, 2.75) is 26.4 Å². The summed E-state index contributed by atoms with van der Waals surface area (Å²) in [5.74, 6) is -0.180. The lowest BCUT2D eigenvalue weighted by molar-refractivity contribution is 0.625. The van der Waals surface area contributed by atoms with E-state index in [4.69, 9.17) is 0 Å². The fourth-order valence-electron chi connectivity index (χ4n) is 1.76. The summed E-state index contributed by atoms with van der Waals surface area (Å²) in [5.41, 5.74) is 2.53. The van der Waals surface area contributed by atoms with Crippen LogP contribution in [0.2, 0.25) is 0 Å². The molecule has 1 aromatic heterocycles. The normalized spacial score (nSPS) is 10.7. The summed E-state index contributed by atoms with van der Waals surface area (Å²) in [6.45, 7) is 3.84. The van der Waals surface area contributed by atoms with Crippen LogP contribution in [-0.4, -0.2) is 0 Å². The Kier molecular flexibility index (Phi) is 4.29. The molecule has 2 rings (SSSR count). The maximum Gasteiger partial charge on any atom is 0.123 e. The van der Waals surface area contributed by atoms with Crippen LogP contribution in [0.15, 0.2) is 35.7 Å². The first-order valence-electron chi connectivity index (χ1n) is 5.80. The molecular weight excluding hydrogens is 233 g/mol. The van der Waals surface area contributed by atoms with E-state index in [0.29, 0.717) is 0 Å². The van der Waals surface area contributed by atoms with E-state index in [1.54, 1.807) is 11.3 Å². The second kappa shape index (κ2) is 5.94. The third kappa shape index (κ3) is 3.38. The first-order valence-corrected chi connectivity index (χ1v) is 6.68. The van der Waals surface area contributed by atoms with Gasteiger partial charge in [-0.05, 0) is 41.1 Å². The van der Waals surface area contributed by atoms with Crippen LogP contribution in [0.3, 0.4) is 0 Å².